The molecule has 0 fully saturated rings. The molecule has 0 saturated heterocycles. The first-order valence-electron chi connectivity index (χ1n) is 4.99. The smallest absolute Gasteiger partial charge is 0.0444 e. The highest BCUT2D eigenvalue weighted by molar-refractivity contribution is 6.32. The standard InChI is InChI=1S/C14H14Cl2/c1-4-7-12(11(3)15)10(2)13-8-5-6-9-14(13)16/h4-10H,1,3H2,2H3/b12-7-. The van der Waals surface area contributed by atoms with E-state index in [4.69, 9.17) is 23.2 Å². The maximum absolute atomic E-state index is 6.14. The second-order valence-corrected chi connectivity index (χ2v) is 4.37. The van der Waals surface area contributed by atoms with E-state index in [9.17, 15) is 0 Å². The van der Waals surface area contributed by atoms with E-state index in [0.717, 1.165) is 16.2 Å². The molecule has 1 aromatic carbocycles. The lowest BCUT2D eigenvalue weighted by atomic mass is 9.92. The van der Waals surface area contributed by atoms with Crippen molar-refractivity contribution >= 4 is 23.2 Å². The number of benzene rings is 1. The molecule has 1 rings (SSSR count). The quantitative estimate of drug-likeness (QED) is 0.638. The minimum atomic E-state index is 0.108. The third kappa shape index (κ3) is 3.01. The highest BCUT2D eigenvalue weighted by atomic mass is 35.5. The van der Waals surface area contributed by atoms with Crippen molar-refractivity contribution in [1.29, 1.82) is 0 Å². The van der Waals surface area contributed by atoms with E-state index in [-0.39, 0.29) is 5.92 Å². The van der Waals surface area contributed by atoms with Crippen LogP contribution in [0.2, 0.25) is 5.02 Å². The monoisotopic (exact) mass is 252 g/mol. The van der Waals surface area contributed by atoms with Crippen LogP contribution in [0.5, 0.6) is 0 Å². The van der Waals surface area contributed by atoms with Crippen LogP contribution in [0.1, 0.15) is 18.4 Å². The molecule has 0 amide bonds. The summed E-state index contributed by atoms with van der Waals surface area (Å²) < 4.78 is 0. The molecular formula is C14H14Cl2. The fourth-order valence-corrected chi connectivity index (χ4v) is 2.12. The molecule has 0 radical (unpaired) electrons. The highest BCUT2D eigenvalue weighted by Crippen LogP contribution is 2.33. The van der Waals surface area contributed by atoms with Gasteiger partial charge in [-0.25, -0.2) is 0 Å². The maximum Gasteiger partial charge on any atom is 0.0444 e. The highest BCUT2D eigenvalue weighted by Gasteiger charge is 2.14. The van der Waals surface area contributed by atoms with Crippen molar-refractivity contribution < 1.29 is 0 Å². The molecule has 0 saturated carbocycles. The summed E-state index contributed by atoms with van der Waals surface area (Å²) in [4.78, 5) is 0. The van der Waals surface area contributed by atoms with Crippen molar-refractivity contribution in [2.75, 3.05) is 0 Å². The summed E-state index contributed by atoms with van der Waals surface area (Å²) in [6, 6.07) is 7.73. The molecule has 0 heterocycles. The molecule has 0 spiro atoms. The van der Waals surface area contributed by atoms with Gasteiger partial charge in [0.15, 0.2) is 0 Å². The summed E-state index contributed by atoms with van der Waals surface area (Å²) in [5.41, 5.74) is 1.98. The molecule has 0 aromatic heterocycles. The van der Waals surface area contributed by atoms with Crippen molar-refractivity contribution in [2.24, 2.45) is 0 Å². The summed E-state index contributed by atoms with van der Waals surface area (Å²) in [5, 5.41) is 1.26. The van der Waals surface area contributed by atoms with Gasteiger partial charge in [0, 0.05) is 16.0 Å². The van der Waals surface area contributed by atoms with Crippen molar-refractivity contribution in [3.05, 3.63) is 70.8 Å². The Kier molecular flexibility index (Phi) is 4.85. The third-order valence-electron chi connectivity index (χ3n) is 2.45. The van der Waals surface area contributed by atoms with Gasteiger partial charge in [0.25, 0.3) is 0 Å². The molecule has 0 N–H and O–H groups in total. The predicted molar refractivity (Wildman–Crippen MR) is 73.1 cm³/mol. The van der Waals surface area contributed by atoms with Crippen molar-refractivity contribution in [3.63, 3.8) is 0 Å². The van der Waals surface area contributed by atoms with Gasteiger partial charge in [-0.2, -0.15) is 0 Å². The fourth-order valence-electron chi connectivity index (χ4n) is 1.59. The van der Waals surface area contributed by atoms with Gasteiger partial charge in [0.05, 0.1) is 0 Å². The predicted octanol–water partition coefficient (Wildman–Crippen LogP) is 5.31. The number of halogens is 2. The average Bonchev–Trinajstić information content (AvgIpc) is 2.25. The molecule has 84 valence electrons. The van der Waals surface area contributed by atoms with Gasteiger partial charge in [-0.3, -0.25) is 0 Å². The Labute approximate surface area is 107 Å². The molecule has 0 aliphatic carbocycles. The van der Waals surface area contributed by atoms with Crippen LogP contribution in [0.4, 0.5) is 0 Å². The molecule has 1 atom stereocenters. The molecule has 0 bridgehead atoms. The molecule has 2 heteroatoms. The van der Waals surface area contributed by atoms with Gasteiger partial charge in [-0.15, -0.1) is 0 Å². The zero-order chi connectivity index (χ0) is 12.1. The summed E-state index contributed by atoms with van der Waals surface area (Å²) in [6.45, 7) is 9.47. The second kappa shape index (κ2) is 5.93. The summed E-state index contributed by atoms with van der Waals surface area (Å²) in [5.74, 6) is 0.108. The zero-order valence-electron chi connectivity index (χ0n) is 9.21. The van der Waals surface area contributed by atoms with Gasteiger partial charge < -0.3 is 0 Å². The summed E-state index contributed by atoms with van der Waals surface area (Å²) in [7, 11) is 0. The summed E-state index contributed by atoms with van der Waals surface area (Å²) in [6.07, 6.45) is 3.57. The van der Waals surface area contributed by atoms with Crippen LogP contribution in [0, 0.1) is 0 Å². The third-order valence-corrected chi connectivity index (χ3v) is 3.01. The number of rotatable bonds is 4. The van der Waals surface area contributed by atoms with Gasteiger partial charge in [-0.05, 0) is 17.2 Å². The van der Waals surface area contributed by atoms with Crippen LogP contribution < -0.4 is 0 Å². The van der Waals surface area contributed by atoms with E-state index in [1.54, 1.807) is 6.08 Å². The summed E-state index contributed by atoms with van der Waals surface area (Å²) >= 11 is 12.1. The van der Waals surface area contributed by atoms with E-state index in [0.29, 0.717) is 5.03 Å². The van der Waals surface area contributed by atoms with E-state index < -0.39 is 0 Å². The zero-order valence-corrected chi connectivity index (χ0v) is 10.7. The Morgan fingerprint density at radius 3 is 2.50 bits per heavy atom. The molecule has 1 unspecified atom stereocenters. The lowest BCUT2D eigenvalue weighted by molar-refractivity contribution is 0.918. The largest absolute Gasteiger partial charge is 0.0991 e. The average molecular weight is 253 g/mol. The Morgan fingerprint density at radius 2 is 2.00 bits per heavy atom. The van der Waals surface area contributed by atoms with Gasteiger partial charge in [-0.1, -0.05) is 73.6 Å². The van der Waals surface area contributed by atoms with Crippen LogP contribution in [0.15, 0.2) is 60.2 Å². The van der Waals surface area contributed by atoms with E-state index in [1.807, 2.05) is 37.3 Å². The first kappa shape index (κ1) is 13.1. The van der Waals surface area contributed by atoms with Crippen molar-refractivity contribution in [2.45, 2.75) is 12.8 Å². The lowest BCUT2D eigenvalue weighted by Gasteiger charge is -2.16. The minimum Gasteiger partial charge on any atom is -0.0991 e. The van der Waals surface area contributed by atoms with Crippen LogP contribution in [-0.4, -0.2) is 0 Å². The molecule has 0 aliphatic heterocycles. The second-order valence-electron chi connectivity index (χ2n) is 3.51. The lowest BCUT2D eigenvalue weighted by Crippen LogP contribution is -1.99. The Morgan fingerprint density at radius 1 is 1.38 bits per heavy atom. The fraction of sp³-hybridized carbons (Fsp3) is 0.143. The maximum atomic E-state index is 6.14. The van der Waals surface area contributed by atoms with Crippen LogP contribution >= 0.6 is 23.2 Å². The first-order valence-corrected chi connectivity index (χ1v) is 5.75. The molecule has 1 aromatic rings. The number of allylic oxidation sites excluding steroid dienone is 4. The van der Waals surface area contributed by atoms with Crippen molar-refractivity contribution in [1.82, 2.24) is 0 Å². The van der Waals surface area contributed by atoms with Gasteiger partial charge in [0.1, 0.15) is 0 Å². The molecule has 0 nitrogen and oxygen atoms in total. The van der Waals surface area contributed by atoms with Gasteiger partial charge >= 0.3 is 0 Å². The van der Waals surface area contributed by atoms with E-state index >= 15 is 0 Å². The van der Waals surface area contributed by atoms with Crippen LogP contribution in [0.3, 0.4) is 0 Å². The Bertz CT molecular complexity index is 430. The number of hydrogen-bond donors (Lipinski definition) is 0. The topological polar surface area (TPSA) is 0 Å². The first-order chi connectivity index (χ1) is 7.57. The van der Waals surface area contributed by atoms with Crippen LogP contribution in [0.25, 0.3) is 0 Å². The van der Waals surface area contributed by atoms with E-state index in [1.165, 1.54) is 0 Å². The normalized spacial score (nSPS) is 13.3. The minimum absolute atomic E-state index is 0.108. The molecular weight excluding hydrogens is 239 g/mol. The molecule has 0 aliphatic rings. The van der Waals surface area contributed by atoms with Gasteiger partial charge in [0.2, 0.25) is 0 Å². The number of hydrogen-bond acceptors (Lipinski definition) is 0. The van der Waals surface area contributed by atoms with Crippen molar-refractivity contribution in [3.8, 4) is 0 Å². The Balaban J connectivity index is 3.14. The van der Waals surface area contributed by atoms with Crippen LogP contribution in [-0.2, 0) is 0 Å². The SMILES string of the molecule is C=C/C=C(\C(=C)Cl)C(C)c1ccccc1Cl. The molecule has 16 heavy (non-hydrogen) atoms. The van der Waals surface area contributed by atoms with E-state index in [2.05, 4.69) is 13.2 Å². The Hall–Kier alpha value is -0.980.